The van der Waals surface area contributed by atoms with E-state index in [-0.39, 0.29) is 22.3 Å². The second kappa shape index (κ2) is 4.79. The van der Waals surface area contributed by atoms with Crippen LogP contribution in [0.25, 0.3) is 11.3 Å². The van der Waals surface area contributed by atoms with Crippen molar-refractivity contribution in [3.63, 3.8) is 0 Å². The van der Waals surface area contributed by atoms with Crippen LogP contribution in [0.4, 0.5) is 16.2 Å². The maximum absolute atomic E-state index is 13.9. The van der Waals surface area contributed by atoms with E-state index in [1.807, 2.05) is 0 Å². The summed E-state index contributed by atoms with van der Waals surface area (Å²) < 4.78 is 13.9. The summed E-state index contributed by atoms with van der Waals surface area (Å²) in [6.45, 7) is 0. The lowest BCUT2D eigenvalue weighted by molar-refractivity contribution is 0.469. The number of phenols is 1. The molecule has 0 unspecified atom stereocenters. The number of hydrogen-bond donors (Lipinski definition) is 3. The van der Waals surface area contributed by atoms with Gasteiger partial charge >= 0.3 is 0 Å². The minimum atomic E-state index is -0.623. The molecule has 2 aromatic rings. The number of nitrogens with one attached hydrogen (secondary N) is 1. The third kappa shape index (κ3) is 2.60. The largest absolute Gasteiger partial charge is 0.506 e. The van der Waals surface area contributed by atoms with Gasteiger partial charge in [-0.3, -0.25) is 0 Å². The third-order valence-corrected chi connectivity index (χ3v) is 3.29. The second-order valence-corrected chi connectivity index (χ2v) is 5.11. The monoisotopic (exact) mass is 294 g/mol. The van der Waals surface area contributed by atoms with Crippen molar-refractivity contribution in [2.24, 2.45) is 0 Å². The summed E-state index contributed by atoms with van der Waals surface area (Å²) >= 11 is 5.80. The van der Waals surface area contributed by atoms with E-state index in [1.54, 1.807) is 6.07 Å². The minimum Gasteiger partial charge on any atom is -0.506 e. The van der Waals surface area contributed by atoms with Gasteiger partial charge < -0.3 is 16.2 Å². The van der Waals surface area contributed by atoms with E-state index in [0.717, 1.165) is 18.9 Å². The van der Waals surface area contributed by atoms with Gasteiger partial charge in [0, 0.05) is 23.7 Å². The van der Waals surface area contributed by atoms with Crippen molar-refractivity contribution in [3.8, 4) is 17.0 Å². The molecule has 0 atom stereocenters. The molecule has 0 bridgehead atoms. The lowest BCUT2D eigenvalue weighted by atomic mass is 10.1. The van der Waals surface area contributed by atoms with Gasteiger partial charge in [0.1, 0.15) is 17.4 Å². The number of rotatable bonds is 3. The zero-order valence-electron chi connectivity index (χ0n) is 10.4. The van der Waals surface area contributed by atoms with Crippen LogP contribution in [0.3, 0.4) is 0 Å². The second-order valence-electron chi connectivity index (χ2n) is 4.70. The highest BCUT2D eigenvalue weighted by Gasteiger charge is 2.22. The van der Waals surface area contributed by atoms with Crippen molar-refractivity contribution in [1.82, 2.24) is 9.97 Å². The smallest absolute Gasteiger partial charge is 0.222 e. The average molecular weight is 295 g/mol. The number of anilines is 2. The van der Waals surface area contributed by atoms with Crippen molar-refractivity contribution in [2.75, 3.05) is 11.1 Å². The number of phenolic OH excluding ortho intramolecular Hbond substituents is 1. The van der Waals surface area contributed by atoms with E-state index in [2.05, 4.69) is 15.3 Å². The van der Waals surface area contributed by atoms with Crippen molar-refractivity contribution < 1.29 is 9.50 Å². The summed E-state index contributed by atoms with van der Waals surface area (Å²) in [6, 6.07) is 4.27. The molecular weight excluding hydrogens is 283 g/mol. The molecule has 5 nitrogen and oxygen atoms in total. The lowest BCUT2D eigenvalue weighted by Crippen LogP contribution is -2.06. The van der Waals surface area contributed by atoms with Gasteiger partial charge in [0.2, 0.25) is 5.95 Å². The number of nitrogen functional groups attached to an aromatic ring is 1. The van der Waals surface area contributed by atoms with Crippen LogP contribution in [0.1, 0.15) is 12.8 Å². The van der Waals surface area contributed by atoms with Gasteiger partial charge in [-0.15, -0.1) is 0 Å². The fourth-order valence-electron chi connectivity index (χ4n) is 1.85. The predicted molar refractivity (Wildman–Crippen MR) is 75.2 cm³/mol. The van der Waals surface area contributed by atoms with Gasteiger partial charge in [-0.05, 0) is 18.9 Å². The van der Waals surface area contributed by atoms with Crippen LogP contribution < -0.4 is 11.1 Å². The van der Waals surface area contributed by atoms with Crippen LogP contribution in [-0.2, 0) is 0 Å². The Morgan fingerprint density at radius 1 is 1.30 bits per heavy atom. The molecule has 3 rings (SSSR count). The number of aromatic nitrogens is 2. The van der Waals surface area contributed by atoms with Crippen LogP contribution >= 0.6 is 11.6 Å². The van der Waals surface area contributed by atoms with Crippen LogP contribution in [0, 0.1) is 5.82 Å². The average Bonchev–Trinajstić information content (AvgIpc) is 3.17. The molecule has 1 aromatic heterocycles. The summed E-state index contributed by atoms with van der Waals surface area (Å²) in [5.74, 6) is -0.332. The molecule has 0 aliphatic heterocycles. The standard InChI is InChI=1S/C13H12ClFN4O/c14-8-3-7(9(15)4-11(8)20)10-5-12(17-6-1-2-6)19-13(16)18-10/h3-6,20H,1-2H2,(H3,16,17,18,19). The lowest BCUT2D eigenvalue weighted by Gasteiger charge is -2.09. The summed E-state index contributed by atoms with van der Waals surface area (Å²) in [6.07, 6.45) is 2.16. The number of hydrogen-bond acceptors (Lipinski definition) is 5. The molecule has 0 spiro atoms. The van der Waals surface area contributed by atoms with Gasteiger partial charge in [-0.2, -0.15) is 4.98 Å². The molecule has 1 heterocycles. The van der Waals surface area contributed by atoms with E-state index >= 15 is 0 Å². The van der Waals surface area contributed by atoms with E-state index in [4.69, 9.17) is 17.3 Å². The van der Waals surface area contributed by atoms with Crippen molar-refractivity contribution in [1.29, 1.82) is 0 Å². The molecule has 7 heteroatoms. The van der Waals surface area contributed by atoms with Crippen molar-refractivity contribution in [3.05, 3.63) is 29.0 Å². The SMILES string of the molecule is Nc1nc(NC2CC2)cc(-c2cc(Cl)c(O)cc2F)n1. The molecule has 4 N–H and O–H groups in total. The van der Waals surface area contributed by atoms with Crippen LogP contribution in [0.2, 0.25) is 5.02 Å². The zero-order valence-corrected chi connectivity index (χ0v) is 11.2. The first-order valence-electron chi connectivity index (χ1n) is 6.12. The number of nitrogens with zero attached hydrogens (tertiary/aromatic N) is 2. The molecule has 1 fully saturated rings. The minimum absolute atomic E-state index is 0.0502. The molecule has 1 aliphatic rings. The Labute approximate surface area is 119 Å². The van der Waals surface area contributed by atoms with E-state index in [9.17, 15) is 9.50 Å². The molecule has 0 radical (unpaired) electrons. The fraction of sp³-hybridized carbons (Fsp3) is 0.231. The molecule has 0 amide bonds. The number of aromatic hydroxyl groups is 1. The summed E-state index contributed by atoms with van der Waals surface area (Å²) in [4.78, 5) is 8.07. The Hall–Kier alpha value is -2.08. The Kier molecular flexibility index (Phi) is 3.10. The van der Waals surface area contributed by atoms with Crippen molar-refractivity contribution >= 4 is 23.4 Å². The highest BCUT2D eigenvalue weighted by Crippen LogP contribution is 2.33. The van der Waals surface area contributed by atoms with Gasteiger partial charge in [0.05, 0.1) is 10.7 Å². The third-order valence-electron chi connectivity index (χ3n) is 2.99. The Morgan fingerprint density at radius 2 is 2.05 bits per heavy atom. The topological polar surface area (TPSA) is 84.1 Å². The maximum atomic E-state index is 13.9. The van der Waals surface area contributed by atoms with E-state index in [1.165, 1.54) is 6.07 Å². The van der Waals surface area contributed by atoms with Crippen LogP contribution in [-0.4, -0.2) is 21.1 Å². The number of benzene rings is 1. The highest BCUT2D eigenvalue weighted by molar-refractivity contribution is 6.32. The zero-order chi connectivity index (χ0) is 14.3. The molecular formula is C13H12ClFN4O. The summed E-state index contributed by atoms with van der Waals surface area (Å²) in [7, 11) is 0. The quantitative estimate of drug-likeness (QED) is 0.810. The molecule has 104 valence electrons. The number of halogens is 2. The van der Waals surface area contributed by atoms with Gasteiger partial charge in [-0.25, -0.2) is 9.37 Å². The predicted octanol–water partition coefficient (Wildman–Crippen LogP) is 2.80. The van der Waals surface area contributed by atoms with Crippen LogP contribution in [0.15, 0.2) is 18.2 Å². The first-order chi connectivity index (χ1) is 9.52. The van der Waals surface area contributed by atoms with E-state index < -0.39 is 5.82 Å². The molecule has 1 aromatic carbocycles. The first-order valence-corrected chi connectivity index (χ1v) is 6.50. The van der Waals surface area contributed by atoms with Gasteiger partial charge in [0.25, 0.3) is 0 Å². The number of nitrogens with two attached hydrogens (primary N) is 1. The maximum Gasteiger partial charge on any atom is 0.222 e. The van der Waals surface area contributed by atoms with E-state index in [0.29, 0.717) is 17.6 Å². The Bertz CT molecular complexity index is 676. The molecule has 1 saturated carbocycles. The van der Waals surface area contributed by atoms with Crippen molar-refractivity contribution in [2.45, 2.75) is 18.9 Å². The Morgan fingerprint density at radius 3 is 2.75 bits per heavy atom. The summed E-state index contributed by atoms with van der Waals surface area (Å²) in [5, 5.41) is 12.6. The fourth-order valence-corrected chi connectivity index (χ4v) is 2.01. The molecule has 1 aliphatic carbocycles. The van der Waals surface area contributed by atoms with Gasteiger partial charge in [0.15, 0.2) is 0 Å². The summed E-state index contributed by atoms with van der Waals surface area (Å²) in [5.41, 5.74) is 6.13. The Balaban J connectivity index is 2.04. The highest BCUT2D eigenvalue weighted by atomic mass is 35.5. The first kappa shape index (κ1) is 12.9. The molecule has 0 saturated heterocycles. The normalized spacial score (nSPS) is 14.3. The molecule has 20 heavy (non-hydrogen) atoms. The van der Waals surface area contributed by atoms with Crippen LogP contribution in [0.5, 0.6) is 5.75 Å². The van der Waals surface area contributed by atoms with Gasteiger partial charge in [-0.1, -0.05) is 11.6 Å².